The number of aliphatic hydroxyl groups excluding tert-OH is 1. The highest BCUT2D eigenvalue weighted by atomic mass is 16.2. The molecule has 1 aliphatic heterocycles. The lowest BCUT2D eigenvalue weighted by Gasteiger charge is -2.27. The Morgan fingerprint density at radius 2 is 1.73 bits per heavy atom. The Balaban J connectivity index is 1.95. The number of unbranched alkanes of at least 4 members (excludes halogenated alkanes) is 1. The van der Waals surface area contributed by atoms with Crippen LogP contribution in [0.15, 0.2) is 65.5 Å². The maximum atomic E-state index is 9.41. The molecule has 0 unspecified atom stereocenters. The maximum Gasteiger partial charge on any atom is 0.104 e. The molecular weight excluding hydrogens is 456 g/mol. The van der Waals surface area contributed by atoms with E-state index in [4.69, 9.17) is 10.7 Å². The normalized spacial score (nSPS) is 13.3. The molecule has 1 aliphatic rings. The van der Waals surface area contributed by atoms with Gasteiger partial charge in [0.05, 0.1) is 11.9 Å². The van der Waals surface area contributed by atoms with Gasteiger partial charge in [-0.25, -0.2) is 4.99 Å². The Morgan fingerprint density at radius 1 is 1.03 bits per heavy atom. The summed E-state index contributed by atoms with van der Waals surface area (Å²) in [5.74, 6) is 0.609. The Bertz CT molecular complexity index is 1160. The number of nitrogens with zero attached hydrogens (tertiary/aromatic N) is 3. The molecule has 1 heterocycles. The number of aliphatic hydroxyl groups is 1. The minimum absolute atomic E-state index is 0.600. The second-order valence-electron chi connectivity index (χ2n) is 9.98. The third-order valence-corrected chi connectivity index (χ3v) is 6.80. The van der Waals surface area contributed by atoms with E-state index in [0.29, 0.717) is 12.3 Å². The van der Waals surface area contributed by atoms with Gasteiger partial charge < -0.3 is 20.6 Å². The zero-order valence-corrected chi connectivity index (χ0v) is 23.1. The lowest BCUT2D eigenvalue weighted by molar-refractivity contribution is 0.320. The molecule has 0 amide bonds. The molecule has 0 fully saturated rings. The maximum absolute atomic E-state index is 9.41. The second-order valence-corrected chi connectivity index (χ2v) is 9.98. The molecule has 3 N–H and O–H groups in total. The monoisotopic (exact) mass is 500 g/mol. The summed E-state index contributed by atoms with van der Waals surface area (Å²) < 4.78 is 0. The van der Waals surface area contributed by atoms with E-state index in [1.54, 1.807) is 6.08 Å². The van der Waals surface area contributed by atoms with Crippen LogP contribution in [0.4, 0.5) is 5.69 Å². The van der Waals surface area contributed by atoms with E-state index in [-0.39, 0.29) is 0 Å². The molecule has 0 radical (unpaired) electrons. The van der Waals surface area contributed by atoms with Crippen molar-refractivity contribution in [1.82, 2.24) is 9.80 Å². The summed E-state index contributed by atoms with van der Waals surface area (Å²) in [6.45, 7) is 14.9. The molecule has 5 heteroatoms. The SMILES string of the molecule is C=C(C1=Cc2ccc(-c3ccc(/C=C/O)c(CN(C)CCCC)c3)cc2N=C(N)C1)N(CCC)CCC. The third kappa shape index (κ3) is 7.59. The first-order valence-electron chi connectivity index (χ1n) is 13.6. The number of amidine groups is 1. The number of aliphatic imine (C=N–C) groups is 1. The Hall–Kier alpha value is -3.31. The van der Waals surface area contributed by atoms with Crippen molar-refractivity contribution in [3.05, 3.63) is 77.2 Å². The number of rotatable bonds is 13. The van der Waals surface area contributed by atoms with Crippen molar-refractivity contribution < 1.29 is 5.11 Å². The molecule has 0 saturated heterocycles. The van der Waals surface area contributed by atoms with E-state index in [0.717, 1.165) is 84.5 Å². The Kier molecular flexibility index (Phi) is 10.6. The van der Waals surface area contributed by atoms with Gasteiger partial charge in [-0.3, -0.25) is 0 Å². The first-order valence-corrected chi connectivity index (χ1v) is 13.6. The van der Waals surface area contributed by atoms with Gasteiger partial charge in [0.15, 0.2) is 0 Å². The third-order valence-electron chi connectivity index (χ3n) is 6.80. The molecule has 37 heavy (non-hydrogen) atoms. The number of hydrogen-bond acceptors (Lipinski definition) is 5. The quantitative estimate of drug-likeness (QED) is 0.279. The van der Waals surface area contributed by atoms with Crippen LogP contribution in [0.25, 0.3) is 23.3 Å². The largest absolute Gasteiger partial charge is 0.516 e. The molecule has 0 atom stereocenters. The summed E-state index contributed by atoms with van der Waals surface area (Å²) in [6, 6.07) is 12.8. The molecule has 0 spiro atoms. The lowest BCUT2D eigenvalue weighted by Crippen LogP contribution is -2.26. The smallest absolute Gasteiger partial charge is 0.104 e. The van der Waals surface area contributed by atoms with Crippen LogP contribution < -0.4 is 5.73 Å². The summed E-state index contributed by atoms with van der Waals surface area (Å²) in [5, 5.41) is 9.41. The van der Waals surface area contributed by atoms with Gasteiger partial charge in [0.25, 0.3) is 0 Å². The number of nitrogens with two attached hydrogens (primary N) is 1. The van der Waals surface area contributed by atoms with E-state index in [1.165, 1.54) is 18.4 Å². The van der Waals surface area contributed by atoms with Crippen molar-refractivity contribution in [2.75, 3.05) is 26.7 Å². The van der Waals surface area contributed by atoms with Gasteiger partial charge in [-0.15, -0.1) is 0 Å². The highest BCUT2D eigenvalue weighted by molar-refractivity contribution is 5.92. The molecule has 0 saturated carbocycles. The van der Waals surface area contributed by atoms with Crippen molar-refractivity contribution in [1.29, 1.82) is 0 Å². The predicted molar refractivity (Wildman–Crippen MR) is 160 cm³/mol. The van der Waals surface area contributed by atoms with Crippen LogP contribution in [-0.4, -0.2) is 47.4 Å². The average molecular weight is 501 g/mol. The van der Waals surface area contributed by atoms with Gasteiger partial charge in [-0.1, -0.05) is 58.0 Å². The molecule has 0 bridgehead atoms. The average Bonchev–Trinajstić information content (AvgIpc) is 3.05. The highest BCUT2D eigenvalue weighted by Gasteiger charge is 2.17. The van der Waals surface area contributed by atoms with Crippen LogP contribution in [0.1, 0.15) is 69.6 Å². The van der Waals surface area contributed by atoms with Crippen molar-refractivity contribution >= 4 is 23.7 Å². The highest BCUT2D eigenvalue weighted by Crippen LogP contribution is 2.34. The zero-order chi connectivity index (χ0) is 26.8. The Morgan fingerprint density at radius 3 is 2.41 bits per heavy atom. The van der Waals surface area contributed by atoms with Gasteiger partial charge in [-0.2, -0.15) is 0 Å². The first-order chi connectivity index (χ1) is 17.9. The summed E-state index contributed by atoms with van der Waals surface area (Å²) in [5.41, 5.74) is 15.0. The van der Waals surface area contributed by atoms with E-state index in [1.807, 2.05) is 0 Å². The molecule has 198 valence electrons. The minimum atomic E-state index is 0.600. The number of allylic oxidation sites excluding steroid dienone is 1. The summed E-state index contributed by atoms with van der Waals surface area (Å²) >= 11 is 0. The van der Waals surface area contributed by atoms with E-state index < -0.39 is 0 Å². The van der Waals surface area contributed by atoms with Gasteiger partial charge in [0, 0.05) is 37.3 Å². The molecular formula is C32H44N4O. The van der Waals surface area contributed by atoms with Crippen molar-refractivity contribution in [2.24, 2.45) is 10.7 Å². The standard InChI is InChI=1S/C32H44N4O/c1-6-9-17-35(5)23-30-19-26(11-10-25(30)14-18-37)27-12-13-28-20-29(22-32(33)34-31(28)21-27)24(4)36(15-7-2)16-8-3/h10-14,18-21,37H,4,6-9,15-17,22-23H2,1-3,5H3,(H2,33,34)/b18-14+. The molecule has 2 aromatic rings. The predicted octanol–water partition coefficient (Wildman–Crippen LogP) is 7.53. The molecule has 5 nitrogen and oxygen atoms in total. The van der Waals surface area contributed by atoms with E-state index in [9.17, 15) is 5.11 Å². The van der Waals surface area contributed by atoms with Crippen molar-refractivity contribution in [3.63, 3.8) is 0 Å². The van der Waals surface area contributed by atoms with Crippen LogP contribution in [0, 0.1) is 0 Å². The van der Waals surface area contributed by atoms with Gasteiger partial charge >= 0.3 is 0 Å². The van der Waals surface area contributed by atoms with E-state index in [2.05, 4.69) is 86.7 Å². The van der Waals surface area contributed by atoms with E-state index >= 15 is 0 Å². The first kappa shape index (κ1) is 28.3. The fraction of sp³-hybridized carbons (Fsp3) is 0.406. The van der Waals surface area contributed by atoms with Gasteiger partial charge in [0.1, 0.15) is 5.84 Å². The van der Waals surface area contributed by atoms with Crippen molar-refractivity contribution in [3.8, 4) is 11.1 Å². The zero-order valence-electron chi connectivity index (χ0n) is 23.1. The summed E-state index contributed by atoms with van der Waals surface area (Å²) in [6.07, 6.45) is 10.2. The molecule has 2 aromatic carbocycles. The van der Waals surface area contributed by atoms with Crippen LogP contribution in [0.2, 0.25) is 0 Å². The fourth-order valence-electron chi connectivity index (χ4n) is 4.84. The van der Waals surface area contributed by atoms with Crippen LogP contribution in [-0.2, 0) is 6.54 Å². The summed E-state index contributed by atoms with van der Waals surface area (Å²) in [7, 11) is 2.15. The van der Waals surface area contributed by atoms with Crippen LogP contribution >= 0.6 is 0 Å². The molecule has 0 aromatic heterocycles. The fourth-order valence-corrected chi connectivity index (χ4v) is 4.84. The molecule has 0 aliphatic carbocycles. The van der Waals surface area contributed by atoms with Gasteiger partial charge in [0.2, 0.25) is 0 Å². The summed E-state index contributed by atoms with van der Waals surface area (Å²) in [4.78, 5) is 9.48. The van der Waals surface area contributed by atoms with Crippen LogP contribution in [0.5, 0.6) is 0 Å². The Labute approximate surface area is 223 Å². The lowest BCUT2D eigenvalue weighted by atomic mass is 9.96. The number of hydrogen-bond donors (Lipinski definition) is 2. The number of benzene rings is 2. The number of fused-ring (bicyclic) bond motifs is 1. The topological polar surface area (TPSA) is 65.1 Å². The molecule has 3 rings (SSSR count). The minimum Gasteiger partial charge on any atom is -0.516 e. The van der Waals surface area contributed by atoms with Crippen molar-refractivity contribution in [2.45, 2.75) is 59.4 Å². The van der Waals surface area contributed by atoms with Crippen LogP contribution in [0.3, 0.4) is 0 Å². The second kappa shape index (κ2) is 13.8. The van der Waals surface area contributed by atoms with Gasteiger partial charge in [-0.05, 0) is 85.0 Å².